The molecular weight excluding hydrogens is 224 g/mol. The Kier molecular flexibility index (Phi) is 3.02. The summed E-state index contributed by atoms with van der Waals surface area (Å²) in [4.78, 5) is 0. The summed E-state index contributed by atoms with van der Waals surface area (Å²) in [6, 6.07) is 0. The molecule has 2 bridgehead atoms. The number of fused-ring (bicyclic) bond motifs is 2. The van der Waals surface area contributed by atoms with E-state index >= 15 is 0 Å². The molecule has 5 unspecified atom stereocenters. The molecule has 0 amide bonds. The fourth-order valence-electron chi connectivity index (χ4n) is 4.78. The molecule has 0 aromatic carbocycles. The van der Waals surface area contributed by atoms with Gasteiger partial charge in [-0.3, -0.25) is 0 Å². The lowest BCUT2D eigenvalue weighted by atomic mass is 9.70. The van der Waals surface area contributed by atoms with E-state index < -0.39 is 0 Å². The number of aliphatic hydroxyl groups is 1. The first-order chi connectivity index (χ1) is 8.45. The molecule has 0 spiro atoms. The van der Waals surface area contributed by atoms with Crippen LogP contribution in [0.25, 0.3) is 0 Å². The van der Waals surface area contributed by atoms with Gasteiger partial charge < -0.3 is 9.84 Å². The molecule has 3 rings (SSSR count). The highest BCUT2D eigenvalue weighted by atomic mass is 16.5. The second-order valence-corrected chi connectivity index (χ2v) is 7.63. The van der Waals surface area contributed by atoms with E-state index in [-0.39, 0.29) is 12.2 Å². The molecule has 3 aliphatic carbocycles. The second-order valence-electron chi connectivity index (χ2n) is 7.63. The van der Waals surface area contributed by atoms with E-state index in [0.717, 1.165) is 25.2 Å². The zero-order valence-electron chi connectivity index (χ0n) is 12.1. The molecule has 0 aromatic rings. The molecule has 3 fully saturated rings. The predicted molar refractivity (Wildman–Crippen MR) is 72.4 cm³/mol. The fourth-order valence-corrected chi connectivity index (χ4v) is 4.78. The summed E-state index contributed by atoms with van der Waals surface area (Å²) in [6.07, 6.45) is 8.53. The van der Waals surface area contributed by atoms with E-state index in [9.17, 15) is 5.11 Å². The van der Waals surface area contributed by atoms with Crippen molar-refractivity contribution in [3.05, 3.63) is 0 Å². The average Bonchev–Trinajstić information content (AvgIpc) is 2.65. The molecule has 0 heterocycles. The summed E-state index contributed by atoms with van der Waals surface area (Å²) in [5.74, 6) is 0.827. The molecule has 0 aliphatic heterocycles. The Morgan fingerprint density at radius 3 is 2.33 bits per heavy atom. The normalized spacial score (nSPS) is 50.7. The van der Waals surface area contributed by atoms with E-state index in [4.69, 9.17) is 4.74 Å². The van der Waals surface area contributed by atoms with Crippen molar-refractivity contribution in [2.24, 2.45) is 16.7 Å². The molecule has 18 heavy (non-hydrogen) atoms. The van der Waals surface area contributed by atoms with Gasteiger partial charge in [0.1, 0.15) is 0 Å². The van der Waals surface area contributed by atoms with Crippen molar-refractivity contribution in [1.82, 2.24) is 0 Å². The Balaban J connectivity index is 1.71. The molecular formula is C16H28O2. The second kappa shape index (κ2) is 4.21. The minimum atomic E-state index is -0.218. The van der Waals surface area contributed by atoms with Crippen molar-refractivity contribution in [1.29, 1.82) is 0 Å². The smallest absolute Gasteiger partial charge is 0.0837 e. The van der Waals surface area contributed by atoms with E-state index in [1.54, 1.807) is 0 Å². The topological polar surface area (TPSA) is 29.5 Å². The molecule has 5 atom stereocenters. The summed E-state index contributed by atoms with van der Waals surface area (Å²) in [6.45, 7) is 7.26. The van der Waals surface area contributed by atoms with Gasteiger partial charge in [0, 0.05) is 0 Å². The number of ether oxygens (including phenoxy) is 1. The van der Waals surface area contributed by atoms with Crippen LogP contribution in [0.3, 0.4) is 0 Å². The zero-order chi connectivity index (χ0) is 13.0. The van der Waals surface area contributed by atoms with Crippen LogP contribution in [-0.2, 0) is 4.74 Å². The van der Waals surface area contributed by atoms with Crippen molar-refractivity contribution in [2.45, 2.75) is 84.0 Å². The maximum absolute atomic E-state index is 10.1. The monoisotopic (exact) mass is 252 g/mol. The first-order valence-corrected chi connectivity index (χ1v) is 7.79. The van der Waals surface area contributed by atoms with Gasteiger partial charge in [-0.15, -0.1) is 0 Å². The molecule has 104 valence electrons. The van der Waals surface area contributed by atoms with E-state index in [2.05, 4.69) is 20.8 Å². The number of hydrogen-bond acceptors (Lipinski definition) is 2. The molecule has 0 saturated heterocycles. The predicted octanol–water partition coefficient (Wildman–Crippen LogP) is 3.52. The number of hydrogen-bond donors (Lipinski definition) is 1. The minimum absolute atomic E-state index is 0.107. The molecule has 3 saturated carbocycles. The molecule has 1 N–H and O–H groups in total. The van der Waals surface area contributed by atoms with Crippen LogP contribution in [0.2, 0.25) is 0 Å². The Bertz CT molecular complexity index is 325. The van der Waals surface area contributed by atoms with Crippen LogP contribution in [0, 0.1) is 16.7 Å². The third kappa shape index (κ3) is 1.68. The summed E-state index contributed by atoms with van der Waals surface area (Å²) in [7, 11) is 0. The number of aliphatic hydroxyl groups excluding tert-OH is 1. The third-order valence-corrected chi connectivity index (χ3v) is 6.72. The van der Waals surface area contributed by atoms with Crippen LogP contribution >= 0.6 is 0 Å². The third-order valence-electron chi connectivity index (χ3n) is 6.72. The van der Waals surface area contributed by atoms with Gasteiger partial charge in [0.05, 0.1) is 18.3 Å². The number of rotatable bonds is 2. The van der Waals surface area contributed by atoms with Gasteiger partial charge in [-0.2, -0.15) is 0 Å². The SMILES string of the molecule is CC1(C)C2CCC1(C)C(OC1CCCCC1O)C2. The van der Waals surface area contributed by atoms with Crippen molar-refractivity contribution in [3.63, 3.8) is 0 Å². The Hall–Kier alpha value is -0.0800. The highest BCUT2D eigenvalue weighted by molar-refractivity contribution is 5.11. The average molecular weight is 252 g/mol. The molecule has 2 heteroatoms. The highest BCUT2D eigenvalue weighted by Crippen LogP contribution is 2.66. The van der Waals surface area contributed by atoms with Crippen LogP contribution in [0.5, 0.6) is 0 Å². The minimum Gasteiger partial charge on any atom is -0.390 e. The van der Waals surface area contributed by atoms with Crippen molar-refractivity contribution in [2.75, 3.05) is 0 Å². The summed E-state index contributed by atoms with van der Waals surface area (Å²) < 4.78 is 6.39. The lowest BCUT2D eigenvalue weighted by molar-refractivity contribution is -0.135. The maximum Gasteiger partial charge on any atom is 0.0837 e. The van der Waals surface area contributed by atoms with Gasteiger partial charge in [-0.25, -0.2) is 0 Å². The summed E-state index contributed by atoms with van der Waals surface area (Å²) >= 11 is 0. The first-order valence-electron chi connectivity index (χ1n) is 7.79. The fraction of sp³-hybridized carbons (Fsp3) is 1.00. The highest BCUT2D eigenvalue weighted by Gasteiger charge is 2.62. The van der Waals surface area contributed by atoms with E-state index in [1.807, 2.05) is 0 Å². The lowest BCUT2D eigenvalue weighted by Gasteiger charge is -2.41. The van der Waals surface area contributed by atoms with E-state index in [1.165, 1.54) is 25.7 Å². The largest absolute Gasteiger partial charge is 0.390 e. The van der Waals surface area contributed by atoms with Gasteiger partial charge in [-0.1, -0.05) is 33.6 Å². The van der Waals surface area contributed by atoms with Gasteiger partial charge in [0.2, 0.25) is 0 Å². The Morgan fingerprint density at radius 1 is 1.06 bits per heavy atom. The standard InChI is InChI=1S/C16H28O2/c1-15(2)11-8-9-16(15,3)14(10-11)18-13-7-5-4-6-12(13)17/h11-14,17H,4-10H2,1-3H3. The molecule has 3 aliphatic rings. The van der Waals surface area contributed by atoms with E-state index in [0.29, 0.717) is 16.9 Å². The molecule has 2 nitrogen and oxygen atoms in total. The molecule has 0 radical (unpaired) electrons. The van der Waals surface area contributed by atoms with Gasteiger partial charge in [0.15, 0.2) is 0 Å². The quantitative estimate of drug-likeness (QED) is 0.815. The zero-order valence-corrected chi connectivity index (χ0v) is 12.1. The summed E-state index contributed by atoms with van der Waals surface area (Å²) in [5, 5.41) is 10.1. The van der Waals surface area contributed by atoms with Crippen molar-refractivity contribution >= 4 is 0 Å². The van der Waals surface area contributed by atoms with Gasteiger partial charge in [0.25, 0.3) is 0 Å². The summed E-state index contributed by atoms with van der Waals surface area (Å²) in [5.41, 5.74) is 0.742. The van der Waals surface area contributed by atoms with Crippen molar-refractivity contribution in [3.8, 4) is 0 Å². The van der Waals surface area contributed by atoms with Gasteiger partial charge in [-0.05, 0) is 48.9 Å². The van der Waals surface area contributed by atoms with Crippen LogP contribution in [0.1, 0.15) is 65.7 Å². The van der Waals surface area contributed by atoms with Crippen LogP contribution in [-0.4, -0.2) is 23.4 Å². The first kappa shape index (κ1) is 12.9. The van der Waals surface area contributed by atoms with Crippen LogP contribution in [0.15, 0.2) is 0 Å². The van der Waals surface area contributed by atoms with Crippen LogP contribution < -0.4 is 0 Å². The van der Waals surface area contributed by atoms with Crippen LogP contribution in [0.4, 0.5) is 0 Å². The Labute approximate surface area is 111 Å². The molecule has 0 aromatic heterocycles. The van der Waals surface area contributed by atoms with Gasteiger partial charge >= 0.3 is 0 Å². The maximum atomic E-state index is 10.1. The Morgan fingerprint density at radius 2 is 1.78 bits per heavy atom. The van der Waals surface area contributed by atoms with Crippen molar-refractivity contribution < 1.29 is 9.84 Å². The lowest BCUT2D eigenvalue weighted by Crippen LogP contribution is -2.43.